The quantitative estimate of drug-likeness (QED) is 0.562. The van der Waals surface area contributed by atoms with Crippen molar-refractivity contribution in [2.45, 2.75) is 33.1 Å². The van der Waals surface area contributed by atoms with Gasteiger partial charge in [-0.25, -0.2) is 0 Å². The van der Waals surface area contributed by atoms with Crippen LogP contribution >= 0.6 is 0 Å². The van der Waals surface area contributed by atoms with E-state index in [4.69, 9.17) is 9.72 Å². The van der Waals surface area contributed by atoms with Crippen LogP contribution in [-0.4, -0.2) is 61.1 Å². The van der Waals surface area contributed by atoms with Crippen molar-refractivity contribution in [3.8, 4) is 0 Å². The Morgan fingerprint density at radius 1 is 1.11 bits per heavy atom. The van der Waals surface area contributed by atoms with Crippen LogP contribution in [0.25, 0.3) is 10.9 Å². The fourth-order valence-corrected chi connectivity index (χ4v) is 5.24. The monoisotopic (exact) mass is 486 g/mol. The van der Waals surface area contributed by atoms with Crippen LogP contribution in [-0.2, 0) is 22.4 Å². The van der Waals surface area contributed by atoms with Gasteiger partial charge >= 0.3 is 0 Å². The third-order valence-electron chi connectivity index (χ3n) is 7.25. The average molecular weight is 487 g/mol. The van der Waals surface area contributed by atoms with Gasteiger partial charge in [-0.3, -0.25) is 14.6 Å². The molecule has 36 heavy (non-hydrogen) atoms. The summed E-state index contributed by atoms with van der Waals surface area (Å²) in [5.74, 6) is 0.204. The predicted molar refractivity (Wildman–Crippen MR) is 143 cm³/mol. The third-order valence-corrected chi connectivity index (χ3v) is 7.25. The second-order valence-electron chi connectivity index (χ2n) is 9.79. The Hall–Kier alpha value is -3.45. The van der Waals surface area contributed by atoms with Gasteiger partial charge in [-0.05, 0) is 68.0 Å². The molecule has 2 aromatic carbocycles. The molecule has 1 aliphatic heterocycles. The molecular weight excluding hydrogens is 452 g/mol. The Balaban J connectivity index is 1.33. The summed E-state index contributed by atoms with van der Waals surface area (Å²) in [6.45, 7) is 7.78. The molecule has 1 atom stereocenters. The van der Waals surface area contributed by atoms with E-state index in [-0.39, 0.29) is 18.4 Å². The average Bonchev–Trinajstić information content (AvgIpc) is 2.91. The van der Waals surface area contributed by atoms with Gasteiger partial charge in [0.2, 0.25) is 5.91 Å². The first-order chi connectivity index (χ1) is 17.5. The maximum atomic E-state index is 13.9. The molecule has 1 aliphatic carbocycles. The molecule has 2 amide bonds. The van der Waals surface area contributed by atoms with Crippen molar-refractivity contribution in [3.05, 3.63) is 65.4 Å². The van der Waals surface area contributed by atoms with Crippen LogP contribution in [0.15, 0.2) is 48.5 Å². The molecule has 188 valence electrons. The smallest absolute Gasteiger partial charge is 0.255 e. The fourth-order valence-electron chi connectivity index (χ4n) is 5.24. The molecule has 2 aliphatic rings. The molecule has 0 saturated carbocycles. The molecule has 2 heterocycles. The number of anilines is 2. The number of ether oxygens (including phenoxy) is 1. The number of nitrogens with one attached hydrogen (secondary N) is 1. The van der Waals surface area contributed by atoms with Crippen molar-refractivity contribution in [2.75, 3.05) is 49.6 Å². The summed E-state index contributed by atoms with van der Waals surface area (Å²) in [6.07, 6.45) is 2.80. The van der Waals surface area contributed by atoms with Crippen molar-refractivity contribution in [1.29, 1.82) is 0 Å². The van der Waals surface area contributed by atoms with E-state index in [1.807, 2.05) is 55.5 Å². The highest BCUT2D eigenvalue weighted by Gasteiger charge is 2.28. The molecule has 7 nitrogen and oxygen atoms in total. The Labute approximate surface area is 212 Å². The standard InChI is InChI=1S/C29H34N4O3/c1-3-32(19-27(34)30-21-9-11-22(12-10-21)33-14-16-36-17-15-33)29(35)28-23-6-4-5-7-25(23)31-26-13-8-20(2)18-24(26)28/h4-7,9-12,20H,3,8,13-19H2,1-2H3,(H,30,34). The van der Waals surface area contributed by atoms with Crippen LogP contribution in [0.5, 0.6) is 0 Å². The molecule has 0 spiro atoms. The zero-order valence-corrected chi connectivity index (χ0v) is 21.1. The number of aryl methyl sites for hydroxylation is 1. The first-order valence-electron chi connectivity index (χ1n) is 13.0. The lowest BCUT2D eigenvalue weighted by Gasteiger charge is -2.29. The van der Waals surface area contributed by atoms with Crippen molar-refractivity contribution in [3.63, 3.8) is 0 Å². The van der Waals surface area contributed by atoms with Crippen molar-refractivity contribution < 1.29 is 14.3 Å². The molecule has 1 aromatic heterocycles. The van der Waals surface area contributed by atoms with Crippen LogP contribution in [0.4, 0.5) is 11.4 Å². The van der Waals surface area contributed by atoms with Gasteiger partial charge in [-0.1, -0.05) is 25.1 Å². The van der Waals surface area contributed by atoms with E-state index in [9.17, 15) is 9.59 Å². The van der Waals surface area contributed by atoms with Gasteiger partial charge < -0.3 is 19.9 Å². The van der Waals surface area contributed by atoms with E-state index in [0.717, 1.165) is 79.1 Å². The molecule has 1 unspecified atom stereocenters. The molecule has 1 saturated heterocycles. The van der Waals surface area contributed by atoms with E-state index >= 15 is 0 Å². The molecule has 7 heteroatoms. The van der Waals surface area contributed by atoms with E-state index in [1.165, 1.54) is 0 Å². The topological polar surface area (TPSA) is 74.8 Å². The largest absolute Gasteiger partial charge is 0.378 e. The van der Waals surface area contributed by atoms with E-state index in [2.05, 4.69) is 17.1 Å². The SMILES string of the molecule is CCN(CC(=O)Nc1ccc(N2CCOCC2)cc1)C(=O)c1c2c(nc3ccccc13)CCC(C)C2. The van der Waals surface area contributed by atoms with Gasteiger partial charge in [0.15, 0.2) is 0 Å². The molecule has 0 bridgehead atoms. The third kappa shape index (κ3) is 5.07. The minimum atomic E-state index is -0.204. The van der Waals surface area contributed by atoms with Gasteiger partial charge in [-0.15, -0.1) is 0 Å². The summed E-state index contributed by atoms with van der Waals surface area (Å²) in [4.78, 5) is 35.6. The zero-order chi connectivity index (χ0) is 25.1. The lowest BCUT2D eigenvalue weighted by atomic mass is 9.83. The maximum Gasteiger partial charge on any atom is 0.255 e. The van der Waals surface area contributed by atoms with Crippen molar-refractivity contribution >= 4 is 34.1 Å². The second kappa shape index (κ2) is 10.7. The second-order valence-corrected chi connectivity index (χ2v) is 9.79. The molecular formula is C29H34N4O3. The number of hydrogen-bond acceptors (Lipinski definition) is 5. The molecule has 1 fully saturated rings. The van der Waals surface area contributed by atoms with Gasteiger partial charge in [0.1, 0.15) is 6.54 Å². The van der Waals surface area contributed by atoms with Crippen molar-refractivity contribution in [2.24, 2.45) is 5.92 Å². The summed E-state index contributed by atoms with van der Waals surface area (Å²) in [5.41, 5.74) is 5.47. The Morgan fingerprint density at radius 3 is 2.61 bits per heavy atom. The van der Waals surface area contributed by atoms with Crippen LogP contribution < -0.4 is 10.2 Å². The van der Waals surface area contributed by atoms with E-state index in [0.29, 0.717) is 18.0 Å². The minimum absolute atomic E-state index is 0.00151. The highest BCUT2D eigenvalue weighted by Crippen LogP contribution is 2.32. The number of rotatable bonds is 6. The molecule has 1 N–H and O–H groups in total. The van der Waals surface area contributed by atoms with Crippen molar-refractivity contribution in [1.82, 2.24) is 9.88 Å². The maximum absolute atomic E-state index is 13.9. The zero-order valence-electron chi connectivity index (χ0n) is 21.1. The van der Waals surface area contributed by atoms with Crippen LogP contribution in [0.2, 0.25) is 0 Å². The van der Waals surface area contributed by atoms with Gasteiger partial charge in [0, 0.05) is 42.1 Å². The summed E-state index contributed by atoms with van der Waals surface area (Å²) >= 11 is 0. The van der Waals surface area contributed by atoms with Gasteiger partial charge in [0.25, 0.3) is 5.91 Å². The number of para-hydroxylation sites is 1. The number of amides is 2. The minimum Gasteiger partial charge on any atom is -0.378 e. The number of benzene rings is 2. The molecule has 3 aromatic rings. The Morgan fingerprint density at radius 2 is 1.86 bits per heavy atom. The van der Waals surface area contributed by atoms with Gasteiger partial charge in [0.05, 0.1) is 24.3 Å². The van der Waals surface area contributed by atoms with E-state index in [1.54, 1.807) is 4.90 Å². The highest BCUT2D eigenvalue weighted by atomic mass is 16.5. The Bertz CT molecular complexity index is 1250. The summed E-state index contributed by atoms with van der Waals surface area (Å²) < 4.78 is 5.42. The van der Waals surface area contributed by atoms with Crippen LogP contribution in [0, 0.1) is 5.92 Å². The lowest BCUT2D eigenvalue weighted by Crippen LogP contribution is -2.39. The van der Waals surface area contributed by atoms with Crippen LogP contribution in [0.3, 0.4) is 0 Å². The normalized spacial score (nSPS) is 17.5. The first-order valence-corrected chi connectivity index (χ1v) is 13.0. The van der Waals surface area contributed by atoms with E-state index < -0.39 is 0 Å². The molecule has 5 rings (SSSR count). The number of carbonyl (C=O) groups is 2. The lowest BCUT2D eigenvalue weighted by molar-refractivity contribution is -0.116. The summed E-state index contributed by atoms with van der Waals surface area (Å²) in [6, 6.07) is 15.7. The number of aromatic nitrogens is 1. The number of morpholine rings is 1. The van der Waals surface area contributed by atoms with Crippen LogP contribution in [0.1, 0.15) is 41.9 Å². The first kappa shape index (κ1) is 24.3. The highest BCUT2D eigenvalue weighted by molar-refractivity contribution is 6.09. The van der Waals surface area contributed by atoms with Gasteiger partial charge in [-0.2, -0.15) is 0 Å². The fraction of sp³-hybridized carbons (Fsp3) is 0.414. The molecule has 0 radical (unpaired) electrons. The Kier molecular flexibility index (Phi) is 7.18. The summed E-state index contributed by atoms with van der Waals surface area (Å²) in [7, 11) is 0. The number of nitrogens with zero attached hydrogens (tertiary/aromatic N) is 3. The predicted octanol–water partition coefficient (Wildman–Crippen LogP) is 4.30. The number of likely N-dealkylation sites (N-methyl/N-ethyl adjacent to an activating group) is 1. The number of hydrogen-bond donors (Lipinski definition) is 1. The number of pyridine rings is 1. The number of fused-ring (bicyclic) bond motifs is 2. The summed E-state index contributed by atoms with van der Waals surface area (Å²) in [5, 5.41) is 3.83. The number of carbonyl (C=O) groups excluding carboxylic acids is 2.